The Labute approximate surface area is 276 Å². The van der Waals surface area contributed by atoms with Crippen LogP contribution in [0.2, 0.25) is 0 Å². The van der Waals surface area contributed by atoms with Crippen molar-refractivity contribution in [1.29, 1.82) is 0 Å². The number of oxazole rings is 1. The van der Waals surface area contributed by atoms with E-state index in [1.54, 1.807) is 11.3 Å². The molecule has 4 heteroatoms. The Kier molecular flexibility index (Phi) is 6.65. The second kappa shape index (κ2) is 11.4. The third kappa shape index (κ3) is 4.96. The van der Waals surface area contributed by atoms with Gasteiger partial charge in [0.1, 0.15) is 5.52 Å². The topological polar surface area (TPSA) is 29.3 Å². The molecule has 0 atom stereocenters. The Bertz CT molecular complexity index is 2400. The van der Waals surface area contributed by atoms with E-state index in [9.17, 15) is 0 Å². The number of nitrogens with zero attached hydrogens (tertiary/aromatic N) is 2. The smallest absolute Gasteiger partial charge is 0.227 e. The first-order valence-corrected chi connectivity index (χ1v) is 16.5. The van der Waals surface area contributed by atoms with Crippen LogP contribution in [0.4, 0.5) is 17.1 Å². The molecule has 222 valence electrons. The van der Waals surface area contributed by atoms with Gasteiger partial charge < -0.3 is 9.32 Å². The Balaban J connectivity index is 1.19. The molecule has 0 spiro atoms. The molecule has 0 fully saturated rings. The molecule has 0 bridgehead atoms. The monoisotopic (exact) mass is 620 g/mol. The fourth-order valence-corrected chi connectivity index (χ4v) is 7.60. The first kappa shape index (κ1) is 27.3. The lowest BCUT2D eigenvalue weighted by molar-refractivity contribution is 0.620. The highest BCUT2D eigenvalue weighted by Gasteiger charge is 2.20. The van der Waals surface area contributed by atoms with Gasteiger partial charge in [-0.1, -0.05) is 115 Å². The largest absolute Gasteiger partial charge is 0.436 e. The van der Waals surface area contributed by atoms with Crippen LogP contribution in [0.3, 0.4) is 0 Å². The molecule has 0 N–H and O–H groups in total. The molecule has 2 heterocycles. The second-order valence-corrected chi connectivity index (χ2v) is 12.7. The van der Waals surface area contributed by atoms with Crippen molar-refractivity contribution in [3.05, 3.63) is 170 Å². The number of rotatable bonds is 6. The molecule has 2 aromatic heterocycles. The lowest BCUT2D eigenvalue weighted by Crippen LogP contribution is -2.10. The van der Waals surface area contributed by atoms with Crippen molar-refractivity contribution in [3.8, 4) is 33.7 Å². The van der Waals surface area contributed by atoms with Gasteiger partial charge in [-0.25, -0.2) is 4.98 Å². The summed E-state index contributed by atoms with van der Waals surface area (Å²) < 4.78 is 8.65. The molecular weight excluding hydrogens is 593 g/mol. The quantitative estimate of drug-likeness (QED) is 0.185. The first-order chi connectivity index (χ1) is 23.3. The summed E-state index contributed by atoms with van der Waals surface area (Å²) in [7, 11) is 0. The van der Waals surface area contributed by atoms with Gasteiger partial charge in [0, 0.05) is 38.5 Å². The van der Waals surface area contributed by atoms with Crippen molar-refractivity contribution in [2.24, 2.45) is 0 Å². The molecule has 47 heavy (non-hydrogen) atoms. The molecule has 3 nitrogen and oxygen atoms in total. The number of fused-ring (bicyclic) bond motifs is 4. The Morgan fingerprint density at radius 2 is 1.00 bits per heavy atom. The fraction of sp³-hybridized carbons (Fsp3) is 0. The SMILES string of the molecule is c1ccc(-c2ccc(N(c3ccc(-c4ccccc4)cc3)c3cccc4c3sc3cc5oc(-c6ccccc6)nc5cc34)cc2)cc1. The highest BCUT2D eigenvalue weighted by Crippen LogP contribution is 2.46. The number of anilines is 3. The number of thiophene rings is 1. The Morgan fingerprint density at radius 1 is 0.468 bits per heavy atom. The summed E-state index contributed by atoms with van der Waals surface area (Å²) in [6.07, 6.45) is 0. The minimum atomic E-state index is 0.646. The second-order valence-electron chi connectivity index (χ2n) is 11.6. The van der Waals surface area contributed by atoms with Gasteiger partial charge in [-0.2, -0.15) is 0 Å². The fourth-order valence-electron chi connectivity index (χ4n) is 6.38. The molecule has 7 aromatic carbocycles. The van der Waals surface area contributed by atoms with Crippen LogP contribution in [0.1, 0.15) is 0 Å². The van der Waals surface area contributed by atoms with Crippen LogP contribution in [0.5, 0.6) is 0 Å². The maximum absolute atomic E-state index is 6.25. The molecule has 9 rings (SSSR count). The van der Waals surface area contributed by atoms with Crippen LogP contribution in [0, 0.1) is 0 Å². The average Bonchev–Trinajstić information content (AvgIpc) is 3.73. The lowest BCUT2D eigenvalue weighted by Gasteiger charge is -2.26. The number of benzene rings is 7. The zero-order valence-corrected chi connectivity index (χ0v) is 26.2. The summed E-state index contributed by atoms with van der Waals surface area (Å²) in [6, 6.07) is 59.8. The van der Waals surface area contributed by atoms with Gasteiger partial charge in [-0.05, 0) is 70.8 Å². The Hall–Kier alpha value is -5.97. The van der Waals surface area contributed by atoms with Crippen molar-refractivity contribution in [2.45, 2.75) is 0 Å². The first-order valence-electron chi connectivity index (χ1n) is 15.7. The van der Waals surface area contributed by atoms with Crippen molar-refractivity contribution in [2.75, 3.05) is 4.90 Å². The van der Waals surface area contributed by atoms with E-state index in [1.165, 1.54) is 42.4 Å². The van der Waals surface area contributed by atoms with Crippen LogP contribution < -0.4 is 4.90 Å². The van der Waals surface area contributed by atoms with E-state index in [0.717, 1.165) is 33.7 Å². The molecule has 0 saturated heterocycles. The highest BCUT2D eigenvalue weighted by atomic mass is 32.1. The summed E-state index contributed by atoms with van der Waals surface area (Å²) in [6.45, 7) is 0. The Morgan fingerprint density at radius 3 is 1.57 bits per heavy atom. The van der Waals surface area contributed by atoms with Gasteiger partial charge in [-0.3, -0.25) is 0 Å². The summed E-state index contributed by atoms with van der Waals surface area (Å²) >= 11 is 1.80. The van der Waals surface area contributed by atoms with Crippen LogP contribution in [0.15, 0.2) is 174 Å². The molecule has 0 saturated carbocycles. The number of hydrogen-bond acceptors (Lipinski definition) is 4. The van der Waals surface area contributed by atoms with Crippen molar-refractivity contribution >= 4 is 59.7 Å². The van der Waals surface area contributed by atoms with Gasteiger partial charge in [0.25, 0.3) is 0 Å². The summed E-state index contributed by atoms with van der Waals surface area (Å²) in [5.41, 5.74) is 10.8. The van der Waals surface area contributed by atoms with Crippen LogP contribution in [0.25, 0.3) is 65.0 Å². The minimum Gasteiger partial charge on any atom is -0.436 e. The van der Waals surface area contributed by atoms with Crippen molar-refractivity contribution < 1.29 is 4.42 Å². The molecule has 0 aliphatic carbocycles. The summed E-state index contributed by atoms with van der Waals surface area (Å²) in [5.74, 6) is 0.646. The normalized spacial score (nSPS) is 11.4. The molecule has 0 aliphatic heterocycles. The predicted molar refractivity (Wildman–Crippen MR) is 198 cm³/mol. The van der Waals surface area contributed by atoms with Gasteiger partial charge in [0.2, 0.25) is 5.89 Å². The third-order valence-corrected chi connectivity index (χ3v) is 9.90. The summed E-state index contributed by atoms with van der Waals surface area (Å²) in [5, 5.41) is 2.39. The number of aromatic nitrogens is 1. The molecule has 9 aromatic rings. The van der Waals surface area contributed by atoms with Crippen LogP contribution in [-0.2, 0) is 0 Å². The van der Waals surface area contributed by atoms with Crippen LogP contribution >= 0.6 is 11.3 Å². The highest BCUT2D eigenvalue weighted by molar-refractivity contribution is 7.26. The van der Waals surface area contributed by atoms with Crippen molar-refractivity contribution in [3.63, 3.8) is 0 Å². The molecule has 0 amide bonds. The molecule has 0 radical (unpaired) electrons. The zero-order valence-electron chi connectivity index (χ0n) is 25.4. The van der Waals surface area contributed by atoms with E-state index in [0.29, 0.717) is 5.89 Å². The van der Waals surface area contributed by atoms with E-state index in [2.05, 4.69) is 144 Å². The minimum absolute atomic E-state index is 0.646. The van der Waals surface area contributed by atoms with E-state index < -0.39 is 0 Å². The predicted octanol–water partition coefficient (Wildman–Crippen LogP) is 12.7. The van der Waals surface area contributed by atoms with Gasteiger partial charge in [0.15, 0.2) is 5.58 Å². The number of hydrogen-bond donors (Lipinski definition) is 0. The van der Waals surface area contributed by atoms with Gasteiger partial charge >= 0.3 is 0 Å². The zero-order chi connectivity index (χ0) is 31.2. The maximum Gasteiger partial charge on any atom is 0.227 e. The molecular formula is C43H28N2OS. The summed E-state index contributed by atoms with van der Waals surface area (Å²) in [4.78, 5) is 7.24. The third-order valence-electron chi connectivity index (χ3n) is 8.71. The molecule has 0 aliphatic rings. The van der Waals surface area contributed by atoms with E-state index in [1.807, 2.05) is 30.3 Å². The van der Waals surface area contributed by atoms with Gasteiger partial charge in [0.05, 0.1) is 10.4 Å². The maximum atomic E-state index is 6.25. The van der Waals surface area contributed by atoms with Crippen molar-refractivity contribution in [1.82, 2.24) is 4.98 Å². The standard InChI is InChI=1S/C43H28N2OS/c1-4-11-29(12-5-1)31-19-23-34(24-20-31)45(35-25-21-32(22-26-35)30-13-6-2-7-14-30)39-18-10-17-36-37-27-38-40(28-41(37)47-42(36)39)46-43(44-38)33-15-8-3-9-16-33/h1-28H. The van der Waals surface area contributed by atoms with E-state index in [-0.39, 0.29) is 0 Å². The van der Waals surface area contributed by atoms with E-state index in [4.69, 9.17) is 9.40 Å². The van der Waals surface area contributed by atoms with E-state index >= 15 is 0 Å². The van der Waals surface area contributed by atoms with Crippen LogP contribution in [-0.4, -0.2) is 4.98 Å². The average molecular weight is 621 g/mol. The lowest BCUT2D eigenvalue weighted by atomic mass is 10.0. The molecule has 0 unspecified atom stereocenters. The van der Waals surface area contributed by atoms with Gasteiger partial charge in [-0.15, -0.1) is 11.3 Å².